The van der Waals surface area contributed by atoms with Gasteiger partial charge < -0.3 is 9.80 Å². The van der Waals surface area contributed by atoms with Crippen molar-refractivity contribution in [3.05, 3.63) is 29.3 Å². The van der Waals surface area contributed by atoms with Crippen LogP contribution in [0.15, 0.2) is 29.3 Å². The third-order valence-corrected chi connectivity index (χ3v) is 6.33. The Hall–Kier alpha value is -0.390. The minimum Gasteiger partial charge on any atom is -0.368 e. The predicted molar refractivity (Wildman–Crippen MR) is 92.7 cm³/mol. The Bertz CT molecular complexity index is 486. The number of thioether (sulfide) groups is 1. The van der Waals surface area contributed by atoms with Crippen LogP contribution in [0, 0.1) is 0 Å². The lowest BCUT2D eigenvalue weighted by Crippen LogP contribution is -2.47. The molecule has 1 fully saturated rings. The Labute approximate surface area is 137 Å². The van der Waals surface area contributed by atoms with Crippen molar-refractivity contribution in [1.29, 1.82) is 0 Å². The molecular weight excluding hydrogens is 358 g/mol. The molecule has 0 N–H and O–H groups in total. The molecule has 1 aromatic carbocycles. The molecule has 3 rings (SSSR count). The number of hydrogen-bond acceptors (Lipinski definition) is 4. The number of halogens is 2. The minimum absolute atomic E-state index is 0.610. The van der Waals surface area contributed by atoms with Crippen LogP contribution in [0.5, 0.6) is 0 Å². The van der Waals surface area contributed by atoms with E-state index in [1.165, 1.54) is 10.9 Å². The highest BCUT2D eigenvalue weighted by molar-refractivity contribution is 9.09. The maximum Gasteiger partial charge on any atom is 0.159 e. The van der Waals surface area contributed by atoms with Crippen molar-refractivity contribution in [3.63, 3.8) is 0 Å². The van der Waals surface area contributed by atoms with E-state index in [4.69, 9.17) is 11.6 Å². The summed E-state index contributed by atoms with van der Waals surface area (Å²) in [5, 5.41) is 3.66. The van der Waals surface area contributed by atoms with Crippen LogP contribution in [0.3, 0.4) is 0 Å². The number of hydrogen-bond donors (Lipinski definition) is 0. The van der Waals surface area contributed by atoms with Gasteiger partial charge in [0.15, 0.2) is 5.17 Å². The Morgan fingerprint density at radius 3 is 2.40 bits per heavy atom. The van der Waals surface area contributed by atoms with E-state index in [1.807, 2.05) is 23.9 Å². The molecule has 3 nitrogen and oxygen atoms in total. The largest absolute Gasteiger partial charge is 0.368 e. The monoisotopic (exact) mass is 373 g/mol. The number of piperazine rings is 1. The number of amidine groups is 1. The molecule has 0 amide bonds. The van der Waals surface area contributed by atoms with Crippen molar-refractivity contribution in [3.8, 4) is 0 Å². The van der Waals surface area contributed by atoms with Crippen LogP contribution in [0.2, 0.25) is 5.02 Å². The zero-order valence-corrected chi connectivity index (χ0v) is 14.3. The molecule has 2 aliphatic heterocycles. The highest BCUT2D eigenvalue weighted by Crippen LogP contribution is 2.26. The number of alkyl halides is 1. The Morgan fingerprint density at radius 2 is 1.80 bits per heavy atom. The molecule has 0 saturated carbocycles. The molecule has 2 aliphatic rings. The molecule has 0 spiro atoms. The first-order valence-electron chi connectivity index (χ1n) is 6.79. The van der Waals surface area contributed by atoms with Gasteiger partial charge in [-0.1, -0.05) is 39.3 Å². The van der Waals surface area contributed by atoms with Gasteiger partial charge in [-0.15, -0.1) is 0 Å². The second kappa shape index (κ2) is 6.58. The van der Waals surface area contributed by atoms with E-state index in [1.54, 1.807) is 0 Å². The second-order valence-electron chi connectivity index (χ2n) is 4.97. The summed E-state index contributed by atoms with van der Waals surface area (Å²) >= 11 is 11.4. The van der Waals surface area contributed by atoms with Gasteiger partial charge in [0.05, 0.1) is 6.54 Å². The summed E-state index contributed by atoms with van der Waals surface area (Å²) in [4.78, 5) is 9.49. The van der Waals surface area contributed by atoms with Crippen molar-refractivity contribution >= 4 is 50.1 Å². The summed E-state index contributed by atoms with van der Waals surface area (Å²) in [6.07, 6.45) is 0. The predicted octanol–water partition coefficient (Wildman–Crippen LogP) is 3.33. The van der Waals surface area contributed by atoms with Gasteiger partial charge in [0.25, 0.3) is 0 Å². The van der Waals surface area contributed by atoms with E-state index < -0.39 is 0 Å². The normalized spacial score (nSPS) is 23.1. The van der Waals surface area contributed by atoms with Crippen LogP contribution in [0.1, 0.15) is 0 Å². The molecule has 0 aliphatic carbocycles. The number of aliphatic imine (C=N–C) groups is 1. The van der Waals surface area contributed by atoms with Crippen molar-refractivity contribution in [2.45, 2.75) is 5.25 Å². The van der Waals surface area contributed by atoms with E-state index >= 15 is 0 Å². The van der Waals surface area contributed by atoms with Gasteiger partial charge in [0.1, 0.15) is 0 Å². The van der Waals surface area contributed by atoms with Crippen LogP contribution in [0.4, 0.5) is 5.69 Å². The van der Waals surface area contributed by atoms with E-state index in [2.05, 4.69) is 42.9 Å². The molecular formula is C14H17BrClN3S. The molecule has 1 saturated heterocycles. The highest BCUT2D eigenvalue weighted by Gasteiger charge is 2.26. The van der Waals surface area contributed by atoms with Crippen molar-refractivity contribution in [2.75, 3.05) is 43.0 Å². The second-order valence-corrected chi connectivity index (χ2v) is 7.32. The standard InChI is InChI=1S/C14H17BrClN3S/c15-9-13-10-17-14(20-13)19-7-5-18(6-8-19)12-3-1-11(16)2-4-12/h1-4,13H,5-10H2. The Balaban J connectivity index is 1.56. The summed E-state index contributed by atoms with van der Waals surface area (Å²) in [5.74, 6) is 0. The zero-order valence-electron chi connectivity index (χ0n) is 11.1. The molecule has 20 heavy (non-hydrogen) atoms. The van der Waals surface area contributed by atoms with E-state index in [0.717, 1.165) is 43.1 Å². The van der Waals surface area contributed by atoms with E-state index in [9.17, 15) is 0 Å². The third kappa shape index (κ3) is 3.26. The van der Waals surface area contributed by atoms with Gasteiger partial charge in [-0.2, -0.15) is 0 Å². The fourth-order valence-electron chi connectivity index (χ4n) is 2.47. The van der Waals surface area contributed by atoms with Gasteiger partial charge in [-0.25, -0.2) is 0 Å². The first-order valence-corrected chi connectivity index (χ1v) is 9.16. The Kier molecular flexibility index (Phi) is 4.79. The number of anilines is 1. The topological polar surface area (TPSA) is 18.8 Å². The first-order chi connectivity index (χ1) is 9.76. The summed E-state index contributed by atoms with van der Waals surface area (Å²) in [5.41, 5.74) is 1.26. The molecule has 0 aromatic heterocycles. The van der Waals surface area contributed by atoms with Crippen molar-refractivity contribution in [2.24, 2.45) is 4.99 Å². The van der Waals surface area contributed by atoms with E-state index in [0.29, 0.717) is 5.25 Å². The molecule has 2 heterocycles. The number of nitrogens with zero attached hydrogens (tertiary/aromatic N) is 3. The van der Waals surface area contributed by atoms with Crippen LogP contribution >= 0.6 is 39.3 Å². The van der Waals surface area contributed by atoms with Crippen molar-refractivity contribution in [1.82, 2.24) is 4.90 Å². The zero-order chi connectivity index (χ0) is 13.9. The molecule has 6 heteroatoms. The maximum atomic E-state index is 5.94. The van der Waals surface area contributed by atoms with Gasteiger partial charge in [0, 0.05) is 47.5 Å². The average Bonchev–Trinajstić information content (AvgIpc) is 2.97. The van der Waals surface area contributed by atoms with Gasteiger partial charge in [0.2, 0.25) is 0 Å². The summed E-state index contributed by atoms with van der Waals surface area (Å²) in [6.45, 7) is 5.12. The highest BCUT2D eigenvalue weighted by atomic mass is 79.9. The summed E-state index contributed by atoms with van der Waals surface area (Å²) < 4.78 is 0. The first kappa shape index (κ1) is 14.5. The van der Waals surface area contributed by atoms with Gasteiger partial charge >= 0.3 is 0 Å². The van der Waals surface area contributed by atoms with Crippen LogP contribution < -0.4 is 4.90 Å². The summed E-state index contributed by atoms with van der Waals surface area (Å²) in [7, 11) is 0. The third-order valence-electron chi connectivity index (χ3n) is 3.62. The minimum atomic E-state index is 0.610. The fraction of sp³-hybridized carbons (Fsp3) is 0.500. The smallest absolute Gasteiger partial charge is 0.159 e. The summed E-state index contributed by atoms with van der Waals surface area (Å²) in [6, 6.07) is 8.11. The lowest BCUT2D eigenvalue weighted by atomic mass is 10.2. The molecule has 1 unspecified atom stereocenters. The van der Waals surface area contributed by atoms with Crippen LogP contribution in [-0.4, -0.2) is 53.4 Å². The Morgan fingerprint density at radius 1 is 1.15 bits per heavy atom. The molecule has 108 valence electrons. The lowest BCUT2D eigenvalue weighted by Gasteiger charge is -2.37. The number of rotatable bonds is 2. The SMILES string of the molecule is Clc1ccc(N2CCN(C3=NCC(CBr)S3)CC2)cc1. The molecule has 0 radical (unpaired) electrons. The van der Waals surface area contributed by atoms with Crippen molar-refractivity contribution < 1.29 is 0 Å². The van der Waals surface area contributed by atoms with Crippen LogP contribution in [0.25, 0.3) is 0 Å². The molecule has 1 aromatic rings. The maximum absolute atomic E-state index is 5.94. The molecule has 0 bridgehead atoms. The van der Waals surface area contributed by atoms with Gasteiger partial charge in [-0.3, -0.25) is 4.99 Å². The van der Waals surface area contributed by atoms with Gasteiger partial charge in [-0.05, 0) is 24.3 Å². The average molecular weight is 375 g/mol. The quantitative estimate of drug-likeness (QED) is 0.740. The molecule has 1 atom stereocenters. The van der Waals surface area contributed by atoms with Crippen LogP contribution in [-0.2, 0) is 0 Å². The lowest BCUT2D eigenvalue weighted by molar-refractivity contribution is 0.392. The number of benzene rings is 1. The fourth-order valence-corrected chi connectivity index (χ4v) is 4.18. The van der Waals surface area contributed by atoms with E-state index in [-0.39, 0.29) is 0 Å².